The van der Waals surface area contributed by atoms with Crippen LogP contribution in [-0.4, -0.2) is 38.7 Å². The minimum Gasteiger partial charge on any atom is -0.340 e. The predicted molar refractivity (Wildman–Crippen MR) is 96.6 cm³/mol. The van der Waals surface area contributed by atoms with E-state index in [1.54, 1.807) is 22.4 Å². The van der Waals surface area contributed by atoms with Crippen LogP contribution >= 0.6 is 11.8 Å². The number of likely N-dealkylation sites (tertiary alicyclic amines) is 1. The zero-order valence-electron chi connectivity index (χ0n) is 15.0. The lowest BCUT2D eigenvalue weighted by atomic mass is 9.92. The quantitative estimate of drug-likeness (QED) is 0.770. The van der Waals surface area contributed by atoms with Crippen LogP contribution in [0.2, 0.25) is 0 Å². The molecule has 5 nitrogen and oxygen atoms in total. The van der Waals surface area contributed by atoms with Crippen LogP contribution in [0.5, 0.6) is 0 Å². The van der Waals surface area contributed by atoms with Crippen LogP contribution in [0, 0.1) is 0 Å². The molecule has 3 heterocycles. The molecule has 6 heteroatoms. The Balaban J connectivity index is 1.80. The van der Waals surface area contributed by atoms with E-state index in [-0.39, 0.29) is 22.9 Å². The molecule has 2 aliphatic rings. The summed E-state index contributed by atoms with van der Waals surface area (Å²) in [5.74, 6) is 0.927. The van der Waals surface area contributed by atoms with Gasteiger partial charge in [0.2, 0.25) is 5.91 Å². The number of hydrogen-bond acceptors (Lipinski definition) is 4. The van der Waals surface area contributed by atoms with Crippen molar-refractivity contribution >= 4 is 17.7 Å². The maximum Gasteiger partial charge on any atom is 0.254 e. The van der Waals surface area contributed by atoms with Crippen LogP contribution in [0.1, 0.15) is 65.1 Å². The summed E-state index contributed by atoms with van der Waals surface area (Å²) in [6.07, 6.45) is 3.77. The maximum absolute atomic E-state index is 12.7. The van der Waals surface area contributed by atoms with Crippen LogP contribution in [0.3, 0.4) is 0 Å². The van der Waals surface area contributed by atoms with Gasteiger partial charge in [0.05, 0.1) is 11.7 Å². The lowest BCUT2D eigenvalue weighted by Gasteiger charge is -2.34. The maximum atomic E-state index is 12.7. The molecule has 0 N–H and O–H groups in total. The molecular weight excluding hydrogens is 322 g/mol. The second-order valence-electron chi connectivity index (χ2n) is 7.98. The molecule has 0 aromatic carbocycles. The van der Waals surface area contributed by atoms with E-state index in [0.717, 1.165) is 36.0 Å². The molecule has 1 aromatic rings. The van der Waals surface area contributed by atoms with Crippen molar-refractivity contribution in [1.82, 2.24) is 14.5 Å². The zero-order chi connectivity index (χ0) is 17.5. The first kappa shape index (κ1) is 17.5. The summed E-state index contributed by atoms with van der Waals surface area (Å²) < 4.78 is 1.73. The molecule has 0 saturated carbocycles. The van der Waals surface area contributed by atoms with E-state index in [2.05, 4.69) is 32.7 Å². The van der Waals surface area contributed by atoms with Gasteiger partial charge < -0.3 is 4.90 Å². The van der Waals surface area contributed by atoms with Gasteiger partial charge in [0.15, 0.2) is 5.16 Å². The third-order valence-electron chi connectivity index (χ3n) is 4.99. The van der Waals surface area contributed by atoms with Crippen LogP contribution in [-0.2, 0) is 10.2 Å². The predicted octanol–water partition coefficient (Wildman–Crippen LogP) is 2.98. The molecule has 1 saturated heterocycles. The highest BCUT2D eigenvalue weighted by Gasteiger charge is 2.32. The van der Waals surface area contributed by atoms with Gasteiger partial charge in [-0.05, 0) is 26.2 Å². The first-order valence-electron chi connectivity index (χ1n) is 8.83. The zero-order valence-corrected chi connectivity index (χ0v) is 15.9. The topological polar surface area (TPSA) is 55.2 Å². The highest BCUT2D eigenvalue weighted by atomic mass is 32.2. The molecule has 2 atom stereocenters. The molecule has 0 spiro atoms. The van der Waals surface area contributed by atoms with Crippen LogP contribution in [0.25, 0.3) is 0 Å². The Labute approximate surface area is 147 Å². The van der Waals surface area contributed by atoms with Gasteiger partial charge in [0, 0.05) is 36.2 Å². The smallest absolute Gasteiger partial charge is 0.254 e. The van der Waals surface area contributed by atoms with Crippen molar-refractivity contribution in [3.63, 3.8) is 0 Å². The number of aromatic nitrogens is 2. The van der Waals surface area contributed by atoms with Crippen molar-refractivity contribution in [2.24, 2.45) is 0 Å². The van der Waals surface area contributed by atoms with Crippen molar-refractivity contribution in [1.29, 1.82) is 0 Å². The molecule has 0 bridgehead atoms. The Morgan fingerprint density at radius 3 is 2.79 bits per heavy atom. The van der Waals surface area contributed by atoms with Crippen LogP contribution in [0.15, 0.2) is 16.0 Å². The molecule has 2 aliphatic heterocycles. The Kier molecular flexibility index (Phi) is 4.78. The number of carbonyl (C=O) groups excluding carboxylic acids is 1. The molecule has 0 aliphatic carbocycles. The minimum absolute atomic E-state index is 0.0283. The number of piperidine rings is 1. The fourth-order valence-electron chi connectivity index (χ4n) is 3.48. The van der Waals surface area contributed by atoms with Gasteiger partial charge in [-0.3, -0.25) is 14.2 Å². The van der Waals surface area contributed by atoms with E-state index < -0.39 is 0 Å². The fraction of sp³-hybridized carbons (Fsp3) is 0.722. The van der Waals surface area contributed by atoms with Crippen molar-refractivity contribution in [3.05, 3.63) is 22.1 Å². The van der Waals surface area contributed by atoms with Crippen molar-refractivity contribution in [2.75, 3.05) is 12.3 Å². The Hall–Kier alpha value is -1.30. The lowest BCUT2D eigenvalue weighted by molar-refractivity contribution is -0.135. The number of hydrogen-bond donors (Lipinski definition) is 0. The SMILES string of the molecule is CC1CCCCN1C(=O)CC1CSc2nc(C(C)(C)C)cc(=O)n21. The van der Waals surface area contributed by atoms with E-state index in [1.807, 2.05) is 4.90 Å². The molecular formula is C18H27N3O2S. The average molecular weight is 350 g/mol. The first-order chi connectivity index (χ1) is 11.3. The third-order valence-corrected chi connectivity index (χ3v) is 6.09. The monoisotopic (exact) mass is 349 g/mol. The van der Waals surface area contributed by atoms with Gasteiger partial charge in [-0.25, -0.2) is 4.98 Å². The number of fused-ring (bicyclic) bond motifs is 1. The molecule has 1 amide bonds. The molecule has 24 heavy (non-hydrogen) atoms. The van der Waals surface area contributed by atoms with Gasteiger partial charge >= 0.3 is 0 Å². The standard InChI is InChI=1S/C18H27N3O2S/c1-12-7-5-6-8-20(12)15(22)9-13-11-24-17-19-14(18(2,3)4)10-16(23)21(13)17/h10,12-13H,5-9,11H2,1-4H3. The van der Waals surface area contributed by atoms with Crippen molar-refractivity contribution in [3.8, 4) is 0 Å². The Morgan fingerprint density at radius 2 is 2.12 bits per heavy atom. The Morgan fingerprint density at radius 1 is 1.38 bits per heavy atom. The molecule has 0 radical (unpaired) electrons. The summed E-state index contributed by atoms with van der Waals surface area (Å²) in [6, 6.07) is 1.88. The number of carbonyl (C=O) groups is 1. The summed E-state index contributed by atoms with van der Waals surface area (Å²) in [5.41, 5.74) is 0.647. The minimum atomic E-state index is -0.146. The highest BCUT2D eigenvalue weighted by molar-refractivity contribution is 7.99. The van der Waals surface area contributed by atoms with Gasteiger partial charge in [-0.1, -0.05) is 32.5 Å². The van der Waals surface area contributed by atoms with E-state index in [1.165, 1.54) is 6.42 Å². The Bertz CT molecular complexity index is 692. The molecule has 132 valence electrons. The molecule has 1 aromatic heterocycles. The van der Waals surface area contributed by atoms with E-state index >= 15 is 0 Å². The van der Waals surface area contributed by atoms with E-state index in [4.69, 9.17) is 0 Å². The molecule has 1 fully saturated rings. The van der Waals surface area contributed by atoms with Crippen LogP contribution in [0.4, 0.5) is 0 Å². The van der Waals surface area contributed by atoms with Crippen molar-refractivity contribution in [2.45, 2.75) is 76.0 Å². The van der Waals surface area contributed by atoms with Gasteiger partial charge in [0.25, 0.3) is 5.56 Å². The normalized spacial score (nSPS) is 24.1. The molecule has 2 unspecified atom stereocenters. The first-order valence-corrected chi connectivity index (χ1v) is 9.82. The summed E-state index contributed by atoms with van der Waals surface area (Å²) in [7, 11) is 0. The van der Waals surface area contributed by atoms with Gasteiger partial charge in [-0.2, -0.15) is 0 Å². The third kappa shape index (κ3) is 3.39. The van der Waals surface area contributed by atoms with E-state index in [0.29, 0.717) is 12.5 Å². The summed E-state index contributed by atoms with van der Waals surface area (Å²) in [4.78, 5) is 32.0. The number of amides is 1. The lowest BCUT2D eigenvalue weighted by Crippen LogP contribution is -2.43. The second kappa shape index (κ2) is 6.54. The molecule has 3 rings (SSSR count). The van der Waals surface area contributed by atoms with Gasteiger partial charge in [-0.15, -0.1) is 0 Å². The van der Waals surface area contributed by atoms with Crippen LogP contribution < -0.4 is 5.56 Å². The summed E-state index contributed by atoms with van der Waals surface area (Å²) >= 11 is 1.59. The largest absolute Gasteiger partial charge is 0.340 e. The summed E-state index contributed by atoms with van der Waals surface area (Å²) in [6.45, 7) is 9.15. The number of thioether (sulfide) groups is 1. The van der Waals surface area contributed by atoms with E-state index in [9.17, 15) is 9.59 Å². The highest BCUT2D eigenvalue weighted by Crippen LogP contribution is 2.34. The second-order valence-corrected chi connectivity index (χ2v) is 8.97. The average Bonchev–Trinajstić information content (AvgIpc) is 2.90. The number of rotatable bonds is 2. The number of nitrogens with zero attached hydrogens (tertiary/aromatic N) is 3. The fourth-order valence-corrected chi connectivity index (χ4v) is 4.62. The van der Waals surface area contributed by atoms with Crippen molar-refractivity contribution < 1.29 is 4.79 Å². The van der Waals surface area contributed by atoms with Gasteiger partial charge in [0.1, 0.15) is 0 Å². The summed E-state index contributed by atoms with van der Waals surface area (Å²) in [5, 5.41) is 0.761.